The molecule has 3 aromatic rings. The van der Waals surface area contributed by atoms with Crippen LogP contribution in [0.3, 0.4) is 0 Å². The van der Waals surface area contributed by atoms with Gasteiger partial charge in [0.1, 0.15) is 11.6 Å². The molecule has 1 amide bonds. The highest BCUT2D eigenvalue weighted by atomic mass is 35.5. The summed E-state index contributed by atoms with van der Waals surface area (Å²) in [6.07, 6.45) is 1.57. The lowest BCUT2D eigenvalue weighted by molar-refractivity contribution is 0.0170. The maximum atomic E-state index is 12.1. The van der Waals surface area contributed by atoms with E-state index >= 15 is 0 Å². The maximum absolute atomic E-state index is 12.1. The van der Waals surface area contributed by atoms with Crippen molar-refractivity contribution in [2.45, 2.75) is 32.4 Å². The molecule has 33 heavy (non-hydrogen) atoms. The summed E-state index contributed by atoms with van der Waals surface area (Å²) in [6, 6.07) is 12.0. The SMILES string of the molecule is CNC(=O)c1ccc2c(c1)nc(CCc1ccc(OC)c(Cl)c1)n2C[C@H](C)N1CCOCC1. The van der Waals surface area contributed by atoms with Gasteiger partial charge in [0.15, 0.2) is 0 Å². The Morgan fingerprint density at radius 2 is 2.00 bits per heavy atom. The molecule has 2 aromatic carbocycles. The third kappa shape index (κ3) is 5.32. The number of carbonyl (C=O) groups is 1. The molecular weight excluding hydrogens is 440 g/mol. The summed E-state index contributed by atoms with van der Waals surface area (Å²) in [5, 5.41) is 3.30. The topological polar surface area (TPSA) is 68.6 Å². The van der Waals surface area contributed by atoms with Gasteiger partial charge in [0, 0.05) is 44.7 Å². The van der Waals surface area contributed by atoms with Crippen molar-refractivity contribution in [3.63, 3.8) is 0 Å². The van der Waals surface area contributed by atoms with E-state index < -0.39 is 0 Å². The number of rotatable bonds is 8. The van der Waals surface area contributed by atoms with Gasteiger partial charge in [-0.25, -0.2) is 4.98 Å². The Hall–Kier alpha value is -2.61. The second kappa shape index (κ2) is 10.5. The number of nitrogens with one attached hydrogen (secondary N) is 1. The Labute approximate surface area is 199 Å². The molecule has 1 saturated heterocycles. The van der Waals surface area contributed by atoms with Gasteiger partial charge in [-0.2, -0.15) is 0 Å². The van der Waals surface area contributed by atoms with Crippen molar-refractivity contribution in [1.29, 1.82) is 0 Å². The molecule has 1 aromatic heterocycles. The van der Waals surface area contributed by atoms with E-state index in [1.807, 2.05) is 36.4 Å². The fraction of sp³-hybridized carbons (Fsp3) is 0.440. The first-order valence-electron chi connectivity index (χ1n) is 11.4. The minimum absolute atomic E-state index is 0.109. The Morgan fingerprint density at radius 1 is 1.21 bits per heavy atom. The standard InChI is InChI=1S/C25H31ClN4O3/c1-17(29-10-12-33-13-11-29)16-30-22-7-6-19(25(31)27-2)15-21(22)28-24(30)9-5-18-4-8-23(32-3)20(26)14-18/h4,6-8,14-15,17H,5,9-13,16H2,1-3H3,(H,27,31)/t17-/m0/s1. The van der Waals surface area contributed by atoms with Crippen LogP contribution in [0.25, 0.3) is 11.0 Å². The first-order valence-corrected chi connectivity index (χ1v) is 11.7. The van der Waals surface area contributed by atoms with E-state index in [4.69, 9.17) is 26.1 Å². The Bertz CT molecular complexity index is 1120. The zero-order valence-corrected chi connectivity index (χ0v) is 20.2. The normalized spacial score (nSPS) is 15.5. The number of aromatic nitrogens is 2. The molecule has 1 fully saturated rings. The average molecular weight is 471 g/mol. The Kier molecular flexibility index (Phi) is 7.53. The lowest BCUT2D eigenvalue weighted by Crippen LogP contribution is -2.44. The summed E-state index contributed by atoms with van der Waals surface area (Å²) in [7, 11) is 3.26. The fourth-order valence-corrected chi connectivity index (χ4v) is 4.66. The van der Waals surface area contributed by atoms with Crippen LogP contribution in [0.2, 0.25) is 5.02 Å². The van der Waals surface area contributed by atoms with E-state index in [9.17, 15) is 4.79 Å². The molecule has 0 spiro atoms. The number of halogens is 1. The number of methoxy groups -OCH3 is 1. The largest absolute Gasteiger partial charge is 0.495 e. The number of morpholine rings is 1. The molecule has 1 aliphatic heterocycles. The zero-order valence-electron chi connectivity index (χ0n) is 19.4. The lowest BCUT2D eigenvalue weighted by Gasteiger charge is -2.32. The summed E-state index contributed by atoms with van der Waals surface area (Å²) < 4.78 is 13.1. The van der Waals surface area contributed by atoms with E-state index in [2.05, 4.69) is 21.7 Å². The summed E-state index contributed by atoms with van der Waals surface area (Å²) >= 11 is 6.32. The first kappa shape index (κ1) is 23.5. The van der Waals surface area contributed by atoms with Gasteiger partial charge < -0.3 is 19.4 Å². The predicted molar refractivity (Wildman–Crippen MR) is 130 cm³/mol. The second-order valence-electron chi connectivity index (χ2n) is 8.39. The second-order valence-corrected chi connectivity index (χ2v) is 8.79. The van der Waals surface area contributed by atoms with E-state index in [0.29, 0.717) is 22.4 Å². The molecule has 0 radical (unpaired) electrons. The van der Waals surface area contributed by atoms with Crippen molar-refractivity contribution in [2.24, 2.45) is 0 Å². The smallest absolute Gasteiger partial charge is 0.251 e. The molecule has 176 valence electrons. The van der Waals surface area contributed by atoms with Gasteiger partial charge in [0.05, 0.1) is 36.4 Å². The molecule has 1 N–H and O–H groups in total. The Balaban J connectivity index is 1.62. The highest BCUT2D eigenvalue weighted by Gasteiger charge is 2.21. The lowest BCUT2D eigenvalue weighted by atomic mass is 10.1. The molecule has 1 atom stereocenters. The van der Waals surface area contributed by atoms with Crippen molar-refractivity contribution in [3.05, 3.63) is 58.4 Å². The van der Waals surface area contributed by atoms with Crippen LogP contribution < -0.4 is 10.1 Å². The molecule has 7 nitrogen and oxygen atoms in total. The number of carbonyl (C=O) groups excluding carboxylic acids is 1. The van der Waals surface area contributed by atoms with Gasteiger partial charge in [0.25, 0.3) is 5.91 Å². The van der Waals surface area contributed by atoms with Gasteiger partial charge in [-0.3, -0.25) is 9.69 Å². The summed E-state index contributed by atoms with van der Waals surface area (Å²) in [6.45, 7) is 6.51. The molecule has 1 aliphatic rings. The molecule has 2 heterocycles. The predicted octanol–water partition coefficient (Wildman–Crippen LogP) is 3.56. The van der Waals surface area contributed by atoms with Crippen LogP contribution in [0.4, 0.5) is 0 Å². The van der Waals surface area contributed by atoms with Crippen molar-refractivity contribution in [2.75, 3.05) is 40.5 Å². The van der Waals surface area contributed by atoms with Crippen molar-refractivity contribution in [1.82, 2.24) is 19.8 Å². The van der Waals surface area contributed by atoms with Gasteiger partial charge in [-0.1, -0.05) is 17.7 Å². The molecule has 0 saturated carbocycles. The summed E-state index contributed by atoms with van der Waals surface area (Å²) in [5.74, 6) is 1.57. The van der Waals surface area contributed by atoms with Crippen LogP contribution in [0, 0.1) is 0 Å². The van der Waals surface area contributed by atoms with Gasteiger partial charge in [0.2, 0.25) is 0 Å². The molecule has 0 aliphatic carbocycles. The van der Waals surface area contributed by atoms with E-state index in [0.717, 1.165) is 68.1 Å². The molecule has 8 heteroatoms. The fourth-order valence-electron chi connectivity index (χ4n) is 4.38. The van der Waals surface area contributed by atoms with Gasteiger partial charge in [-0.05, 0) is 49.2 Å². The minimum atomic E-state index is -0.109. The number of imidazole rings is 1. The molecule has 0 unspecified atom stereocenters. The summed E-state index contributed by atoms with van der Waals surface area (Å²) in [5.41, 5.74) is 3.63. The van der Waals surface area contributed by atoms with E-state index in [1.54, 1.807) is 14.2 Å². The first-order chi connectivity index (χ1) is 16.0. The van der Waals surface area contributed by atoms with Crippen molar-refractivity contribution in [3.8, 4) is 5.75 Å². The number of nitrogens with zero attached hydrogens (tertiary/aromatic N) is 3. The third-order valence-electron chi connectivity index (χ3n) is 6.29. The van der Waals surface area contributed by atoms with Gasteiger partial charge in [-0.15, -0.1) is 0 Å². The van der Waals surface area contributed by atoms with Crippen LogP contribution in [-0.4, -0.2) is 66.9 Å². The third-order valence-corrected chi connectivity index (χ3v) is 6.58. The summed E-state index contributed by atoms with van der Waals surface area (Å²) in [4.78, 5) is 19.5. The number of amides is 1. The number of ether oxygens (including phenoxy) is 2. The Morgan fingerprint density at radius 3 is 2.70 bits per heavy atom. The van der Waals surface area contributed by atoms with Gasteiger partial charge >= 0.3 is 0 Å². The highest BCUT2D eigenvalue weighted by molar-refractivity contribution is 6.32. The van der Waals surface area contributed by atoms with Crippen LogP contribution >= 0.6 is 11.6 Å². The number of benzene rings is 2. The monoisotopic (exact) mass is 470 g/mol. The maximum Gasteiger partial charge on any atom is 0.251 e. The number of hydrogen-bond acceptors (Lipinski definition) is 5. The van der Waals surface area contributed by atoms with E-state index in [-0.39, 0.29) is 5.91 Å². The average Bonchev–Trinajstić information content (AvgIpc) is 3.19. The molecule has 0 bridgehead atoms. The number of aryl methyl sites for hydroxylation is 2. The highest BCUT2D eigenvalue weighted by Crippen LogP contribution is 2.26. The van der Waals surface area contributed by atoms with Crippen molar-refractivity contribution >= 4 is 28.5 Å². The number of hydrogen-bond donors (Lipinski definition) is 1. The molecule has 4 rings (SSSR count). The zero-order chi connectivity index (χ0) is 23.4. The molecular formula is C25H31ClN4O3. The quantitative estimate of drug-likeness (QED) is 0.545. The van der Waals surface area contributed by atoms with E-state index in [1.165, 1.54) is 0 Å². The van der Waals surface area contributed by atoms with Crippen LogP contribution in [0.1, 0.15) is 28.7 Å². The van der Waals surface area contributed by atoms with Crippen LogP contribution in [0.5, 0.6) is 5.75 Å². The number of fused-ring (bicyclic) bond motifs is 1. The minimum Gasteiger partial charge on any atom is -0.495 e. The van der Waals surface area contributed by atoms with Crippen molar-refractivity contribution < 1.29 is 14.3 Å². The van der Waals surface area contributed by atoms with Crippen LogP contribution in [-0.2, 0) is 24.1 Å². The van der Waals surface area contributed by atoms with Crippen LogP contribution in [0.15, 0.2) is 36.4 Å².